The zero-order valence-corrected chi connectivity index (χ0v) is 13.2. The van der Waals surface area contributed by atoms with Crippen LogP contribution in [-0.2, 0) is 9.59 Å². The van der Waals surface area contributed by atoms with Gasteiger partial charge in [-0.2, -0.15) is 0 Å². The molecule has 4 nitrogen and oxygen atoms in total. The number of aliphatic carboxylic acids is 1. The van der Waals surface area contributed by atoms with Gasteiger partial charge in [-0.3, -0.25) is 9.59 Å². The second kappa shape index (κ2) is 7.81. The van der Waals surface area contributed by atoms with E-state index >= 15 is 0 Å². The lowest BCUT2D eigenvalue weighted by atomic mass is 9.85. The first-order chi connectivity index (χ1) is 9.82. The van der Waals surface area contributed by atoms with Crippen molar-refractivity contribution in [3.63, 3.8) is 0 Å². The molecule has 21 heavy (non-hydrogen) atoms. The molecule has 1 aromatic carbocycles. The highest BCUT2D eigenvalue weighted by Gasteiger charge is 2.25. The van der Waals surface area contributed by atoms with E-state index in [2.05, 4.69) is 13.8 Å². The van der Waals surface area contributed by atoms with Crippen molar-refractivity contribution in [2.45, 2.75) is 46.1 Å². The quantitative estimate of drug-likeness (QED) is 0.839. The molecule has 1 rings (SSSR count). The fraction of sp³-hybridized carbons (Fsp3) is 0.529. The fourth-order valence-corrected chi connectivity index (χ4v) is 2.45. The number of hydrogen-bond acceptors (Lipinski definition) is 2. The SMILES string of the molecule is CC(C)C(CC(=O)N(CC(=O)O)C(C)C)c1ccccc1. The fourth-order valence-electron chi connectivity index (χ4n) is 2.45. The Labute approximate surface area is 126 Å². The molecular formula is C17H25NO3. The van der Waals surface area contributed by atoms with Crippen molar-refractivity contribution in [1.82, 2.24) is 4.90 Å². The maximum Gasteiger partial charge on any atom is 0.323 e. The van der Waals surface area contributed by atoms with Gasteiger partial charge in [0, 0.05) is 12.5 Å². The van der Waals surface area contributed by atoms with Gasteiger partial charge in [-0.15, -0.1) is 0 Å². The normalized spacial score (nSPS) is 12.5. The average Bonchev–Trinajstić information content (AvgIpc) is 2.42. The second-order valence-corrected chi connectivity index (χ2v) is 5.97. The van der Waals surface area contributed by atoms with Crippen LogP contribution >= 0.6 is 0 Å². The van der Waals surface area contributed by atoms with Crippen LogP contribution in [0.15, 0.2) is 30.3 Å². The van der Waals surface area contributed by atoms with E-state index < -0.39 is 5.97 Å². The van der Waals surface area contributed by atoms with Gasteiger partial charge in [-0.05, 0) is 31.2 Å². The second-order valence-electron chi connectivity index (χ2n) is 5.97. The molecule has 1 aromatic rings. The molecule has 0 saturated carbocycles. The summed E-state index contributed by atoms with van der Waals surface area (Å²) in [5, 5.41) is 8.95. The third-order valence-electron chi connectivity index (χ3n) is 3.68. The lowest BCUT2D eigenvalue weighted by molar-refractivity contribution is -0.146. The molecule has 0 aliphatic heterocycles. The first-order valence-electron chi connectivity index (χ1n) is 7.39. The van der Waals surface area contributed by atoms with Crippen LogP contribution in [0.1, 0.15) is 45.6 Å². The molecule has 0 bridgehead atoms. The Bertz CT molecular complexity index is 468. The van der Waals surface area contributed by atoms with Gasteiger partial charge in [0.15, 0.2) is 0 Å². The molecule has 1 atom stereocenters. The van der Waals surface area contributed by atoms with Crippen molar-refractivity contribution in [2.75, 3.05) is 6.54 Å². The molecule has 0 saturated heterocycles. The number of carboxylic acids is 1. The molecule has 0 aliphatic carbocycles. The Morgan fingerprint density at radius 3 is 2.10 bits per heavy atom. The highest BCUT2D eigenvalue weighted by molar-refractivity contribution is 5.82. The van der Waals surface area contributed by atoms with E-state index in [4.69, 9.17) is 5.11 Å². The Balaban J connectivity index is 2.87. The van der Waals surface area contributed by atoms with Crippen LogP contribution in [0.3, 0.4) is 0 Å². The van der Waals surface area contributed by atoms with Crippen molar-refractivity contribution >= 4 is 11.9 Å². The summed E-state index contributed by atoms with van der Waals surface area (Å²) in [6.45, 7) is 7.61. The van der Waals surface area contributed by atoms with Crippen molar-refractivity contribution in [3.05, 3.63) is 35.9 Å². The highest BCUT2D eigenvalue weighted by Crippen LogP contribution is 2.28. The molecule has 4 heteroatoms. The summed E-state index contributed by atoms with van der Waals surface area (Å²) in [6.07, 6.45) is 0.340. The summed E-state index contributed by atoms with van der Waals surface area (Å²) in [6, 6.07) is 9.81. The minimum Gasteiger partial charge on any atom is -0.480 e. The number of amides is 1. The van der Waals surface area contributed by atoms with Gasteiger partial charge in [-0.25, -0.2) is 0 Å². The maximum absolute atomic E-state index is 12.5. The number of hydrogen-bond donors (Lipinski definition) is 1. The topological polar surface area (TPSA) is 57.6 Å². The molecule has 0 aliphatic rings. The van der Waals surface area contributed by atoms with E-state index in [1.165, 1.54) is 4.90 Å². The van der Waals surface area contributed by atoms with Crippen LogP contribution in [0.5, 0.6) is 0 Å². The van der Waals surface area contributed by atoms with E-state index in [9.17, 15) is 9.59 Å². The van der Waals surface area contributed by atoms with Gasteiger partial charge in [0.1, 0.15) is 6.54 Å². The Hall–Kier alpha value is -1.84. The van der Waals surface area contributed by atoms with Gasteiger partial charge in [-0.1, -0.05) is 44.2 Å². The Kier molecular flexibility index (Phi) is 6.40. The average molecular weight is 291 g/mol. The molecule has 1 amide bonds. The van der Waals surface area contributed by atoms with E-state index in [1.807, 2.05) is 44.2 Å². The van der Waals surface area contributed by atoms with Gasteiger partial charge < -0.3 is 10.0 Å². The predicted octanol–water partition coefficient (Wildman–Crippen LogP) is 3.14. The van der Waals surface area contributed by atoms with Gasteiger partial charge in [0.2, 0.25) is 5.91 Å². The van der Waals surface area contributed by atoms with Gasteiger partial charge in [0.25, 0.3) is 0 Å². The molecule has 1 N–H and O–H groups in total. The molecule has 0 spiro atoms. The zero-order valence-electron chi connectivity index (χ0n) is 13.2. The summed E-state index contributed by atoms with van der Waals surface area (Å²) in [4.78, 5) is 24.8. The van der Waals surface area contributed by atoms with Gasteiger partial charge in [0.05, 0.1) is 0 Å². The van der Waals surface area contributed by atoms with Crippen LogP contribution < -0.4 is 0 Å². The number of nitrogens with zero attached hydrogens (tertiary/aromatic N) is 1. The van der Waals surface area contributed by atoms with Crippen LogP contribution in [0, 0.1) is 5.92 Å². The number of carbonyl (C=O) groups is 2. The van der Waals surface area contributed by atoms with Crippen LogP contribution in [0.25, 0.3) is 0 Å². The van der Waals surface area contributed by atoms with Crippen molar-refractivity contribution in [2.24, 2.45) is 5.92 Å². The zero-order chi connectivity index (χ0) is 16.0. The monoisotopic (exact) mass is 291 g/mol. The molecule has 0 aromatic heterocycles. The van der Waals surface area contributed by atoms with E-state index in [1.54, 1.807) is 0 Å². The number of benzene rings is 1. The van der Waals surface area contributed by atoms with E-state index in [-0.39, 0.29) is 24.4 Å². The van der Waals surface area contributed by atoms with Crippen LogP contribution in [0.4, 0.5) is 0 Å². The number of carbonyl (C=O) groups excluding carboxylic acids is 1. The minimum absolute atomic E-state index is 0.102. The molecule has 116 valence electrons. The Morgan fingerprint density at radius 1 is 1.10 bits per heavy atom. The summed E-state index contributed by atoms with van der Waals surface area (Å²) in [5.74, 6) is -0.656. The van der Waals surface area contributed by atoms with E-state index in [0.717, 1.165) is 5.56 Å². The highest BCUT2D eigenvalue weighted by atomic mass is 16.4. The van der Waals surface area contributed by atoms with Gasteiger partial charge >= 0.3 is 5.97 Å². The van der Waals surface area contributed by atoms with Crippen molar-refractivity contribution in [3.8, 4) is 0 Å². The molecular weight excluding hydrogens is 266 g/mol. The minimum atomic E-state index is -0.974. The molecule has 0 heterocycles. The molecule has 0 fully saturated rings. The van der Waals surface area contributed by atoms with Crippen LogP contribution in [-0.4, -0.2) is 34.5 Å². The molecule has 1 unspecified atom stereocenters. The third-order valence-corrected chi connectivity index (χ3v) is 3.68. The lowest BCUT2D eigenvalue weighted by Crippen LogP contribution is -2.41. The summed E-state index contributed by atoms with van der Waals surface area (Å²) in [7, 11) is 0. The van der Waals surface area contributed by atoms with Crippen molar-refractivity contribution < 1.29 is 14.7 Å². The van der Waals surface area contributed by atoms with Crippen molar-refractivity contribution in [1.29, 1.82) is 0 Å². The summed E-state index contributed by atoms with van der Waals surface area (Å²) >= 11 is 0. The predicted molar refractivity (Wildman–Crippen MR) is 83.1 cm³/mol. The third kappa shape index (κ3) is 5.21. The molecule has 0 radical (unpaired) electrons. The first-order valence-corrected chi connectivity index (χ1v) is 7.39. The van der Waals surface area contributed by atoms with E-state index in [0.29, 0.717) is 12.3 Å². The summed E-state index contributed by atoms with van der Waals surface area (Å²) < 4.78 is 0. The largest absolute Gasteiger partial charge is 0.480 e. The number of rotatable bonds is 7. The Morgan fingerprint density at radius 2 is 1.67 bits per heavy atom. The maximum atomic E-state index is 12.5. The first kappa shape index (κ1) is 17.2. The lowest BCUT2D eigenvalue weighted by Gasteiger charge is -2.28. The van der Waals surface area contributed by atoms with Crippen LogP contribution in [0.2, 0.25) is 0 Å². The number of carboxylic acid groups (broad SMARTS) is 1. The standard InChI is InChI=1S/C17H25NO3/c1-12(2)15(14-8-6-5-7-9-14)10-16(19)18(13(3)4)11-17(20)21/h5-9,12-13,15H,10-11H2,1-4H3,(H,20,21). The summed E-state index contributed by atoms with van der Waals surface area (Å²) in [5.41, 5.74) is 1.12. The smallest absolute Gasteiger partial charge is 0.323 e.